The number of nitrogens with one attached hydrogen (secondary N) is 1. The van der Waals surface area contributed by atoms with Gasteiger partial charge in [0.15, 0.2) is 0 Å². The predicted molar refractivity (Wildman–Crippen MR) is 330 cm³/mol. The molecule has 0 aliphatic carbocycles. The first-order chi connectivity index (χ1) is 37.4. The van der Waals surface area contributed by atoms with E-state index >= 15 is 0 Å². The Morgan fingerprint density at radius 3 is 1.26 bits per heavy atom. The van der Waals surface area contributed by atoms with Gasteiger partial charge in [0.2, 0.25) is 5.91 Å². The number of hydrogen-bond acceptors (Lipinski definition) is 7. The molecule has 0 aromatic rings. The van der Waals surface area contributed by atoms with Gasteiger partial charge in [-0.2, -0.15) is 0 Å². The van der Waals surface area contributed by atoms with E-state index in [-0.39, 0.29) is 24.9 Å². The van der Waals surface area contributed by atoms with Crippen LogP contribution in [0.1, 0.15) is 278 Å². The molecule has 0 aromatic carbocycles. The molecule has 1 amide bonds. The molecule has 0 saturated carbocycles. The van der Waals surface area contributed by atoms with Gasteiger partial charge in [-0.3, -0.25) is 14.2 Å². The smallest absolute Gasteiger partial charge is 0.306 e. The Morgan fingerprint density at radius 2 is 0.831 bits per heavy atom. The van der Waals surface area contributed by atoms with Gasteiger partial charge in [-0.15, -0.1) is 0 Å². The highest BCUT2D eigenvalue weighted by Gasteiger charge is 2.27. The molecule has 10 heteroatoms. The Labute approximate surface area is 476 Å². The highest BCUT2D eigenvalue weighted by atomic mass is 31.2. The molecule has 446 valence electrons. The van der Waals surface area contributed by atoms with E-state index < -0.39 is 26.6 Å². The lowest BCUT2D eigenvalue weighted by atomic mass is 10.0. The molecule has 0 heterocycles. The second kappa shape index (κ2) is 56.5. The number of allylic oxidation sites excluding steroid dienone is 13. The average Bonchev–Trinajstić information content (AvgIpc) is 3.39. The van der Waals surface area contributed by atoms with Gasteiger partial charge >= 0.3 is 5.97 Å². The van der Waals surface area contributed by atoms with Gasteiger partial charge in [-0.25, -0.2) is 0 Å². The van der Waals surface area contributed by atoms with Crippen LogP contribution in [0.3, 0.4) is 0 Å². The lowest BCUT2D eigenvalue weighted by Gasteiger charge is -2.30. The molecule has 0 rings (SSSR count). The number of hydrogen-bond donors (Lipinski definition) is 1. The molecule has 0 spiro atoms. The van der Waals surface area contributed by atoms with Crippen molar-refractivity contribution in [1.29, 1.82) is 0 Å². The number of carbonyl (C=O) groups is 2. The van der Waals surface area contributed by atoms with Crippen molar-refractivity contribution in [1.82, 2.24) is 5.32 Å². The monoisotopic (exact) mass is 1100 g/mol. The molecule has 1 N–H and O–H groups in total. The Bertz CT molecular complexity index is 1590. The summed E-state index contributed by atoms with van der Waals surface area (Å²) in [7, 11) is 1.17. The summed E-state index contributed by atoms with van der Waals surface area (Å²) in [6.07, 6.45) is 74.0. The van der Waals surface area contributed by atoms with Crippen molar-refractivity contribution in [2.75, 3.05) is 40.9 Å². The number of esters is 1. The topological polar surface area (TPSA) is 114 Å². The van der Waals surface area contributed by atoms with E-state index in [1.807, 2.05) is 33.3 Å². The van der Waals surface area contributed by atoms with Crippen LogP contribution < -0.4 is 10.2 Å². The van der Waals surface area contributed by atoms with E-state index in [0.717, 1.165) is 116 Å². The van der Waals surface area contributed by atoms with Crippen molar-refractivity contribution in [2.24, 2.45) is 0 Å². The van der Waals surface area contributed by atoms with Crippen molar-refractivity contribution in [3.8, 4) is 0 Å². The summed E-state index contributed by atoms with van der Waals surface area (Å²) < 4.78 is 30.3. The first-order valence-electron chi connectivity index (χ1n) is 31.9. The van der Waals surface area contributed by atoms with Crippen molar-refractivity contribution in [3.05, 3.63) is 85.1 Å². The number of phosphoric acid groups is 1. The third-order valence-corrected chi connectivity index (χ3v) is 14.8. The summed E-state index contributed by atoms with van der Waals surface area (Å²) in [4.78, 5) is 40.0. The van der Waals surface area contributed by atoms with Gasteiger partial charge < -0.3 is 28.5 Å². The standard InChI is InChI=1S/C67H121N2O7P/c1-7-10-13-16-19-22-25-28-30-32-33-34-35-36-37-38-40-42-45-48-51-54-57-60-67(71)76-65(58-55-52-49-46-43-27-24-21-18-15-12-9-3)64(63-75-77(72,73)74-62-61-69(4,5)6)68-66(70)59-56-53-50-47-44-41-39-31-29-26-23-20-17-14-11-8-2/h10,13,19,22,28,30-31,33-34,36-37,39,55,58,64-65H,7-9,11-12,14-18,20-21,23-27,29,32,35,38,40-54,56-57,59-63H2,1-6H3,(H-,68,70,72,73)/b13-10-,22-19-,30-28-,34-33-,37-36-,39-31+,58-55-. The van der Waals surface area contributed by atoms with E-state index in [1.165, 1.54) is 122 Å². The zero-order valence-electron chi connectivity index (χ0n) is 50.9. The minimum Gasteiger partial charge on any atom is -0.756 e. The van der Waals surface area contributed by atoms with Crippen molar-refractivity contribution in [2.45, 2.75) is 290 Å². The van der Waals surface area contributed by atoms with Crippen LogP contribution in [0.5, 0.6) is 0 Å². The van der Waals surface area contributed by atoms with Crippen LogP contribution in [0.2, 0.25) is 0 Å². The molecule has 0 aliphatic heterocycles. The zero-order chi connectivity index (χ0) is 56.4. The molecule has 3 atom stereocenters. The van der Waals surface area contributed by atoms with E-state index in [4.69, 9.17) is 13.8 Å². The van der Waals surface area contributed by atoms with Gasteiger partial charge in [0.1, 0.15) is 19.3 Å². The van der Waals surface area contributed by atoms with Gasteiger partial charge in [0.25, 0.3) is 7.82 Å². The van der Waals surface area contributed by atoms with Crippen molar-refractivity contribution >= 4 is 19.7 Å². The molecule has 0 aliphatic rings. The summed E-state index contributed by atoms with van der Waals surface area (Å²) in [6, 6.07) is -0.901. The van der Waals surface area contributed by atoms with Crippen LogP contribution >= 0.6 is 7.82 Å². The predicted octanol–water partition coefficient (Wildman–Crippen LogP) is 19.1. The summed E-state index contributed by atoms with van der Waals surface area (Å²) in [5.41, 5.74) is 0. The van der Waals surface area contributed by atoms with E-state index in [0.29, 0.717) is 23.9 Å². The van der Waals surface area contributed by atoms with Crippen LogP contribution in [-0.2, 0) is 27.9 Å². The minimum absolute atomic E-state index is 0.0286. The number of amides is 1. The first kappa shape index (κ1) is 74.2. The third kappa shape index (κ3) is 57.7. The fraction of sp³-hybridized carbons (Fsp3) is 0.761. The SMILES string of the molecule is CC/C=C\C/C=C\C/C=C\C/C=C\C/C=C\CCCCCCCCCC(=O)OC(/C=C\CCCCCCCCCCCC)C(COP(=O)([O-])OCC[N+](C)(C)C)NC(=O)CCCCCCC/C=C/CCCCCCCCC. The second-order valence-electron chi connectivity index (χ2n) is 22.5. The van der Waals surface area contributed by atoms with Gasteiger partial charge in [-0.1, -0.05) is 247 Å². The highest BCUT2D eigenvalue weighted by molar-refractivity contribution is 7.45. The maximum atomic E-state index is 13.5. The number of phosphoric ester groups is 1. The highest BCUT2D eigenvalue weighted by Crippen LogP contribution is 2.38. The largest absolute Gasteiger partial charge is 0.756 e. The number of quaternary nitrogens is 1. The molecular weight excluding hydrogens is 976 g/mol. The maximum absolute atomic E-state index is 13.5. The van der Waals surface area contributed by atoms with Crippen LogP contribution in [0.15, 0.2) is 85.1 Å². The Hall–Kier alpha value is -2.81. The zero-order valence-corrected chi connectivity index (χ0v) is 51.8. The molecule has 0 aromatic heterocycles. The molecule has 3 unspecified atom stereocenters. The van der Waals surface area contributed by atoms with Gasteiger partial charge in [0, 0.05) is 12.8 Å². The number of unbranched alkanes of at least 4 members (excludes halogenated alkanes) is 29. The molecular formula is C67H121N2O7P. The lowest BCUT2D eigenvalue weighted by molar-refractivity contribution is -0.870. The van der Waals surface area contributed by atoms with Crippen molar-refractivity contribution < 1.29 is 37.3 Å². The molecule has 0 bridgehead atoms. The summed E-state index contributed by atoms with van der Waals surface area (Å²) in [6.45, 7) is 6.72. The Kier molecular flexibility index (Phi) is 54.4. The normalized spacial score (nSPS) is 14.2. The minimum atomic E-state index is -4.71. The number of rotatable bonds is 57. The Balaban J connectivity index is 5.24. The lowest BCUT2D eigenvalue weighted by Crippen LogP contribution is -2.47. The van der Waals surface area contributed by atoms with Crippen LogP contribution in [0, 0.1) is 0 Å². The molecule has 0 radical (unpaired) electrons. The number of ether oxygens (including phenoxy) is 1. The van der Waals surface area contributed by atoms with Crippen LogP contribution in [-0.4, -0.2) is 69.4 Å². The maximum Gasteiger partial charge on any atom is 0.306 e. The first-order valence-corrected chi connectivity index (χ1v) is 33.4. The second-order valence-corrected chi connectivity index (χ2v) is 23.9. The van der Waals surface area contributed by atoms with E-state index in [2.05, 4.69) is 99.0 Å². The number of likely N-dealkylation sites (N-methyl/N-ethyl adjacent to an activating group) is 1. The van der Waals surface area contributed by atoms with Crippen molar-refractivity contribution in [3.63, 3.8) is 0 Å². The average molecular weight is 1100 g/mol. The van der Waals surface area contributed by atoms with Gasteiger partial charge in [-0.05, 0) is 102 Å². The summed E-state index contributed by atoms with van der Waals surface area (Å²) in [5, 5.41) is 3.02. The summed E-state index contributed by atoms with van der Waals surface area (Å²) in [5.74, 6) is -0.562. The van der Waals surface area contributed by atoms with Gasteiger partial charge in [0.05, 0.1) is 33.8 Å². The molecule has 0 saturated heterocycles. The molecule has 9 nitrogen and oxygen atoms in total. The molecule has 77 heavy (non-hydrogen) atoms. The quantitative estimate of drug-likeness (QED) is 0.0212. The summed E-state index contributed by atoms with van der Waals surface area (Å²) >= 11 is 0. The van der Waals surface area contributed by atoms with Crippen LogP contribution in [0.25, 0.3) is 0 Å². The van der Waals surface area contributed by atoms with E-state index in [1.54, 1.807) is 0 Å². The van der Waals surface area contributed by atoms with Crippen LogP contribution in [0.4, 0.5) is 0 Å². The fourth-order valence-corrected chi connectivity index (χ4v) is 9.62. The number of carbonyl (C=O) groups excluding carboxylic acids is 2. The van der Waals surface area contributed by atoms with E-state index in [9.17, 15) is 19.0 Å². The fourth-order valence-electron chi connectivity index (χ4n) is 8.90. The number of nitrogens with zero attached hydrogens (tertiary/aromatic N) is 1. The third-order valence-electron chi connectivity index (χ3n) is 13.8. The Morgan fingerprint density at radius 1 is 0.468 bits per heavy atom. The molecule has 0 fully saturated rings.